The molecule has 0 aliphatic carbocycles. The summed E-state index contributed by atoms with van der Waals surface area (Å²) in [5.41, 5.74) is 7.62. The van der Waals surface area contributed by atoms with Gasteiger partial charge >= 0.3 is 7.82 Å². The molecule has 16 heteroatoms. The minimum Gasteiger partial charge on any atom is -0.382 e. The number of fused-ring (bicyclic) bond motifs is 2. The molecule has 220 valence electrons. The van der Waals surface area contributed by atoms with Crippen LogP contribution in [0.1, 0.15) is 19.6 Å². The van der Waals surface area contributed by atoms with E-state index in [2.05, 4.69) is 15.0 Å². The second-order valence-electron chi connectivity index (χ2n) is 9.91. The van der Waals surface area contributed by atoms with Crippen molar-refractivity contribution in [2.45, 2.75) is 36.7 Å². The molecule has 1 fully saturated rings. The van der Waals surface area contributed by atoms with Crippen molar-refractivity contribution in [3.63, 3.8) is 0 Å². The lowest BCUT2D eigenvalue weighted by atomic mass is 10.1. The summed E-state index contributed by atoms with van der Waals surface area (Å²) < 4.78 is 58.9. The minimum absolute atomic E-state index is 0.131. The van der Waals surface area contributed by atoms with Gasteiger partial charge in [0.05, 0.1) is 30.0 Å². The highest BCUT2D eigenvalue weighted by Gasteiger charge is 2.40. The molecule has 4 aromatic rings. The number of benzene rings is 2. The zero-order chi connectivity index (χ0) is 29.5. The van der Waals surface area contributed by atoms with Crippen LogP contribution < -0.4 is 10.6 Å². The molecule has 5 rings (SSSR count). The third-order valence-electron chi connectivity index (χ3n) is 6.98. The molecule has 0 radical (unpaired) electrons. The van der Waals surface area contributed by atoms with Crippen molar-refractivity contribution in [1.82, 2.24) is 23.8 Å². The summed E-state index contributed by atoms with van der Waals surface area (Å²) in [6.07, 6.45) is 1.14. The van der Waals surface area contributed by atoms with E-state index in [1.165, 1.54) is 25.8 Å². The van der Waals surface area contributed by atoms with Gasteiger partial charge in [-0.25, -0.2) is 27.9 Å². The summed E-state index contributed by atoms with van der Waals surface area (Å²) in [6.45, 7) is 1.16. The maximum absolute atomic E-state index is 13.4. The van der Waals surface area contributed by atoms with Crippen LogP contribution in [0.25, 0.3) is 21.9 Å². The van der Waals surface area contributed by atoms with Crippen LogP contribution in [0.5, 0.6) is 0 Å². The van der Waals surface area contributed by atoms with Crippen molar-refractivity contribution in [3.05, 3.63) is 49.1 Å². The van der Waals surface area contributed by atoms with Crippen LogP contribution in [0.3, 0.4) is 0 Å². The van der Waals surface area contributed by atoms with Gasteiger partial charge in [0.15, 0.2) is 11.5 Å². The van der Waals surface area contributed by atoms with Gasteiger partial charge in [-0.15, -0.1) is 0 Å². The first kappa shape index (κ1) is 29.3. The normalized spacial score (nSPS) is 21.1. The highest BCUT2D eigenvalue weighted by atomic mass is 32.2. The van der Waals surface area contributed by atoms with E-state index in [-0.39, 0.29) is 30.3 Å². The molecule has 0 amide bonds. The predicted molar refractivity (Wildman–Crippen MR) is 153 cm³/mol. The lowest BCUT2D eigenvalue weighted by Crippen LogP contribution is -2.30. The Labute approximate surface area is 237 Å². The molecule has 0 saturated carbocycles. The van der Waals surface area contributed by atoms with Crippen LogP contribution >= 0.6 is 7.82 Å². The monoisotopic (exact) mass is 605 g/mol. The lowest BCUT2D eigenvalue weighted by Gasteiger charge is -2.22. The number of rotatable bonds is 10. The van der Waals surface area contributed by atoms with Gasteiger partial charge in [0.1, 0.15) is 18.1 Å². The molecule has 41 heavy (non-hydrogen) atoms. The van der Waals surface area contributed by atoms with Gasteiger partial charge < -0.3 is 20.3 Å². The molecule has 3 N–H and O–H groups in total. The molecular formula is C25H32N7O7PS. The predicted octanol–water partition coefficient (Wildman–Crippen LogP) is 2.76. The zero-order valence-corrected chi connectivity index (χ0v) is 24.7. The first-order valence-electron chi connectivity index (χ1n) is 12.8. The molecular weight excluding hydrogens is 573 g/mol. The second kappa shape index (κ2) is 11.2. The Balaban J connectivity index is 1.22. The second-order valence-corrected chi connectivity index (χ2v) is 13.3. The Morgan fingerprint density at radius 2 is 1.88 bits per heavy atom. The van der Waals surface area contributed by atoms with Gasteiger partial charge in [0.2, 0.25) is 10.0 Å². The van der Waals surface area contributed by atoms with E-state index < -0.39 is 36.3 Å². The Morgan fingerprint density at radius 1 is 1.15 bits per heavy atom. The average molecular weight is 606 g/mol. The van der Waals surface area contributed by atoms with Crippen LogP contribution in [-0.2, 0) is 28.4 Å². The Morgan fingerprint density at radius 3 is 2.63 bits per heavy atom. The summed E-state index contributed by atoms with van der Waals surface area (Å²) in [5.74, 6) is 0.228. The molecule has 1 saturated heterocycles. The molecule has 1 aliphatic rings. The van der Waals surface area contributed by atoms with Crippen molar-refractivity contribution < 1.29 is 31.7 Å². The van der Waals surface area contributed by atoms with Gasteiger partial charge in [0, 0.05) is 50.6 Å². The summed E-state index contributed by atoms with van der Waals surface area (Å²) in [6, 6.07) is 10.6. The Hall–Kier alpha value is -3.17. The molecule has 14 nitrogen and oxygen atoms in total. The molecule has 2 unspecified atom stereocenters. The smallest absolute Gasteiger partial charge is 0.382 e. The van der Waals surface area contributed by atoms with Crippen LogP contribution in [0, 0.1) is 0 Å². The number of hydrogen-bond donors (Lipinski definition) is 2. The van der Waals surface area contributed by atoms with Crippen molar-refractivity contribution in [3.8, 4) is 0 Å². The molecule has 0 spiro atoms. The first-order valence-corrected chi connectivity index (χ1v) is 15.7. The van der Waals surface area contributed by atoms with Crippen LogP contribution in [0.15, 0.2) is 53.9 Å². The summed E-state index contributed by atoms with van der Waals surface area (Å²) >= 11 is 0. The number of aromatic nitrogens is 4. The molecule has 2 aromatic heterocycles. The largest absolute Gasteiger partial charge is 0.472 e. The maximum atomic E-state index is 13.4. The highest BCUT2D eigenvalue weighted by Crippen LogP contribution is 2.48. The van der Waals surface area contributed by atoms with E-state index in [4.69, 9.17) is 19.5 Å². The van der Waals surface area contributed by atoms with E-state index in [1.54, 1.807) is 29.7 Å². The van der Waals surface area contributed by atoms with Crippen molar-refractivity contribution >= 4 is 51.3 Å². The van der Waals surface area contributed by atoms with Crippen LogP contribution in [0.2, 0.25) is 0 Å². The van der Waals surface area contributed by atoms with Gasteiger partial charge in [-0.3, -0.25) is 13.6 Å². The van der Waals surface area contributed by atoms with E-state index >= 15 is 0 Å². The van der Waals surface area contributed by atoms with Crippen molar-refractivity contribution in [2.75, 3.05) is 44.9 Å². The van der Waals surface area contributed by atoms with E-state index in [0.29, 0.717) is 16.6 Å². The quantitative estimate of drug-likeness (QED) is 0.253. The van der Waals surface area contributed by atoms with E-state index in [9.17, 15) is 17.9 Å². The van der Waals surface area contributed by atoms with Crippen LogP contribution in [0.4, 0.5) is 11.5 Å². The van der Waals surface area contributed by atoms with Gasteiger partial charge in [-0.2, -0.15) is 4.31 Å². The topological polar surface area (TPSA) is 175 Å². The number of sulfonamides is 1. The molecule has 3 heterocycles. The highest BCUT2D eigenvalue weighted by molar-refractivity contribution is 7.89. The molecule has 2 aromatic carbocycles. The number of hydrogen-bond acceptors (Lipinski definition) is 11. The number of phosphoric ester groups is 1. The first-order chi connectivity index (χ1) is 19.4. The van der Waals surface area contributed by atoms with Crippen molar-refractivity contribution in [2.24, 2.45) is 0 Å². The number of anilines is 2. The number of imidazole rings is 1. The zero-order valence-electron chi connectivity index (χ0n) is 23.0. The van der Waals surface area contributed by atoms with E-state index in [1.807, 2.05) is 31.1 Å². The summed E-state index contributed by atoms with van der Waals surface area (Å²) in [4.78, 5) is 24.8. The maximum Gasteiger partial charge on any atom is 0.472 e. The number of nitrogens with two attached hydrogens (primary N) is 1. The minimum atomic E-state index is -4.55. The van der Waals surface area contributed by atoms with Crippen LogP contribution in [-0.4, -0.2) is 83.6 Å². The number of nitrogens with zero attached hydrogens (tertiary/aromatic N) is 6. The summed E-state index contributed by atoms with van der Waals surface area (Å²) in [7, 11) is -3.33. The fourth-order valence-electron chi connectivity index (χ4n) is 4.82. The average Bonchev–Trinajstić information content (AvgIpc) is 3.51. The number of nitrogen functional groups attached to an aromatic ring is 1. The number of ether oxygens (including phenoxy) is 1. The fraction of sp³-hybridized carbons (Fsp3) is 0.400. The standard InChI is InChI=1S/C25H32N7O7PS/c1-16-20(13-22(38-16)32-15-29-23-24(26)27-14-28-25(23)32)39-40(33,34)37-12-11-31(4)41(35,36)21-10-6-7-17-18(21)8-5-9-19(17)30(2)3/h5-10,14-16,20,22H,11-13H2,1-4H3,(H,33,34)(H2,26,27,28)/t16-,20?,22-/m1/s1. The Bertz CT molecular complexity index is 1730. The third kappa shape index (κ3) is 5.79. The summed E-state index contributed by atoms with van der Waals surface area (Å²) in [5, 5.41) is 1.37. The Kier molecular flexibility index (Phi) is 8.05. The van der Waals surface area contributed by atoms with Gasteiger partial charge in [-0.1, -0.05) is 24.3 Å². The van der Waals surface area contributed by atoms with Crippen molar-refractivity contribution in [1.29, 1.82) is 0 Å². The van der Waals surface area contributed by atoms with E-state index in [0.717, 1.165) is 15.4 Å². The molecule has 1 aliphatic heterocycles. The molecule has 4 atom stereocenters. The van der Waals surface area contributed by atoms with Gasteiger partial charge in [0.25, 0.3) is 0 Å². The number of likely N-dealkylation sites (N-methyl/N-ethyl adjacent to an activating group) is 1. The molecule has 0 bridgehead atoms. The number of phosphoric acid groups is 1. The SMILES string of the molecule is C[C@H]1O[C@@H](n2cnc3c(N)ncnc32)CC1OP(=O)(O)OCCN(C)S(=O)(=O)c1cccc2c(N(C)C)cccc12. The van der Waals surface area contributed by atoms with Gasteiger partial charge in [-0.05, 0) is 19.1 Å². The fourth-order valence-corrected chi connectivity index (χ4v) is 7.15. The third-order valence-corrected chi connectivity index (χ3v) is 9.95. The lowest BCUT2D eigenvalue weighted by molar-refractivity contribution is -0.00827.